The molecule has 0 aromatic heterocycles. The van der Waals surface area contributed by atoms with Crippen LogP contribution >= 0.6 is 0 Å². The summed E-state index contributed by atoms with van der Waals surface area (Å²) in [6.07, 6.45) is 5.02. The van der Waals surface area contributed by atoms with Crippen LogP contribution in [0.15, 0.2) is 23.3 Å². The molecule has 6 nitrogen and oxygen atoms in total. The summed E-state index contributed by atoms with van der Waals surface area (Å²) in [7, 11) is 3.05. The van der Waals surface area contributed by atoms with Gasteiger partial charge in [-0.15, -0.1) is 0 Å². The Morgan fingerprint density at radius 2 is 2.16 bits per heavy atom. The van der Waals surface area contributed by atoms with Crippen LogP contribution in [0, 0.1) is 0 Å². The average Bonchev–Trinajstić information content (AvgIpc) is 2.45. The van der Waals surface area contributed by atoms with Gasteiger partial charge in [0.1, 0.15) is 6.29 Å². The van der Waals surface area contributed by atoms with Crippen molar-refractivity contribution in [2.24, 2.45) is 5.11 Å². The van der Waals surface area contributed by atoms with Crippen LogP contribution in [0.5, 0.6) is 11.5 Å². The average molecular weight is 261 g/mol. The van der Waals surface area contributed by atoms with E-state index >= 15 is 0 Å². The molecule has 0 aliphatic carbocycles. The standard InChI is InChI=1S/C13H15N3O3/c1-18-12-8-10(9-17)7-11(13(12)19-2)5-3-4-6-15-16-14/h3,5,7-9H,4,6H2,1-2H3. The Kier molecular flexibility index (Phi) is 5.98. The van der Waals surface area contributed by atoms with E-state index in [2.05, 4.69) is 10.0 Å². The fourth-order valence-corrected chi connectivity index (χ4v) is 1.60. The molecule has 0 bridgehead atoms. The van der Waals surface area contributed by atoms with Gasteiger partial charge in [0.25, 0.3) is 0 Å². The molecular formula is C13H15N3O3. The molecule has 0 N–H and O–H groups in total. The SMILES string of the molecule is COc1cc(C=O)cc(C=CCCN=[N+]=[N-])c1OC. The molecule has 0 atom stereocenters. The van der Waals surface area contributed by atoms with E-state index in [4.69, 9.17) is 15.0 Å². The fraction of sp³-hybridized carbons (Fsp3) is 0.308. The summed E-state index contributed by atoms with van der Waals surface area (Å²) in [5.41, 5.74) is 9.41. The van der Waals surface area contributed by atoms with Crippen LogP contribution in [0.4, 0.5) is 0 Å². The molecule has 1 rings (SSSR count). The Morgan fingerprint density at radius 3 is 2.74 bits per heavy atom. The van der Waals surface area contributed by atoms with E-state index in [1.54, 1.807) is 18.2 Å². The molecular weight excluding hydrogens is 246 g/mol. The molecule has 0 aliphatic heterocycles. The number of carbonyl (C=O) groups is 1. The molecule has 19 heavy (non-hydrogen) atoms. The number of methoxy groups -OCH3 is 2. The number of ether oxygens (including phenoxy) is 2. The number of hydrogen-bond donors (Lipinski definition) is 0. The van der Waals surface area contributed by atoms with Crippen LogP contribution in [0.2, 0.25) is 0 Å². The lowest BCUT2D eigenvalue weighted by Gasteiger charge is -2.11. The maximum Gasteiger partial charge on any atom is 0.167 e. The topological polar surface area (TPSA) is 84.3 Å². The van der Waals surface area contributed by atoms with Crippen LogP contribution in [0.25, 0.3) is 16.5 Å². The monoisotopic (exact) mass is 261 g/mol. The lowest BCUT2D eigenvalue weighted by atomic mass is 10.1. The van der Waals surface area contributed by atoms with Crippen molar-refractivity contribution < 1.29 is 14.3 Å². The molecule has 0 aliphatic rings. The molecule has 1 aromatic carbocycles. The summed E-state index contributed by atoms with van der Waals surface area (Å²) in [5.74, 6) is 1.06. The third-order valence-corrected chi connectivity index (χ3v) is 2.42. The molecule has 6 heteroatoms. The number of carbonyl (C=O) groups excluding carboxylic acids is 1. The largest absolute Gasteiger partial charge is 0.493 e. The Balaban J connectivity index is 3.02. The zero-order chi connectivity index (χ0) is 14.1. The van der Waals surface area contributed by atoms with Gasteiger partial charge < -0.3 is 9.47 Å². The third-order valence-electron chi connectivity index (χ3n) is 2.42. The Bertz CT molecular complexity index is 520. The highest BCUT2D eigenvalue weighted by Gasteiger charge is 2.10. The zero-order valence-corrected chi connectivity index (χ0v) is 10.9. The molecule has 0 radical (unpaired) electrons. The molecule has 0 saturated heterocycles. The van der Waals surface area contributed by atoms with Crippen molar-refractivity contribution in [3.63, 3.8) is 0 Å². The number of aldehydes is 1. The summed E-state index contributed by atoms with van der Waals surface area (Å²) < 4.78 is 10.5. The first-order valence-corrected chi connectivity index (χ1v) is 5.65. The molecule has 0 fully saturated rings. The number of azide groups is 1. The van der Waals surface area contributed by atoms with E-state index in [-0.39, 0.29) is 0 Å². The highest BCUT2D eigenvalue weighted by atomic mass is 16.5. The second-order valence-electron chi connectivity index (χ2n) is 3.61. The quantitative estimate of drug-likeness (QED) is 0.248. The van der Waals surface area contributed by atoms with Crippen molar-refractivity contribution in [3.8, 4) is 11.5 Å². The van der Waals surface area contributed by atoms with Gasteiger partial charge in [0.15, 0.2) is 11.5 Å². The van der Waals surface area contributed by atoms with Gasteiger partial charge in [0.2, 0.25) is 0 Å². The van der Waals surface area contributed by atoms with Crippen molar-refractivity contribution in [3.05, 3.63) is 39.8 Å². The van der Waals surface area contributed by atoms with Crippen LogP contribution in [0.1, 0.15) is 22.3 Å². The van der Waals surface area contributed by atoms with Crippen molar-refractivity contribution in [2.75, 3.05) is 20.8 Å². The highest BCUT2D eigenvalue weighted by Crippen LogP contribution is 2.33. The van der Waals surface area contributed by atoms with Crippen molar-refractivity contribution >= 4 is 12.4 Å². The number of hydrogen-bond acceptors (Lipinski definition) is 4. The zero-order valence-electron chi connectivity index (χ0n) is 10.9. The van der Waals surface area contributed by atoms with Gasteiger partial charge in [-0.05, 0) is 24.1 Å². The summed E-state index contributed by atoms with van der Waals surface area (Å²) in [5, 5.41) is 3.43. The highest BCUT2D eigenvalue weighted by molar-refractivity contribution is 5.79. The maximum atomic E-state index is 10.9. The fourth-order valence-electron chi connectivity index (χ4n) is 1.60. The first-order chi connectivity index (χ1) is 9.26. The van der Waals surface area contributed by atoms with Crippen LogP contribution in [0.3, 0.4) is 0 Å². The van der Waals surface area contributed by atoms with E-state index < -0.39 is 0 Å². The molecule has 0 heterocycles. The minimum absolute atomic E-state index is 0.389. The Hall–Kier alpha value is -2.46. The Morgan fingerprint density at radius 1 is 1.37 bits per heavy atom. The molecule has 0 unspecified atom stereocenters. The predicted molar refractivity (Wildman–Crippen MR) is 72.6 cm³/mol. The van der Waals surface area contributed by atoms with Gasteiger partial charge in [-0.2, -0.15) is 0 Å². The van der Waals surface area contributed by atoms with Crippen LogP contribution in [-0.2, 0) is 0 Å². The lowest BCUT2D eigenvalue weighted by molar-refractivity contribution is 0.112. The lowest BCUT2D eigenvalue weighted by Crippen LogP contribution is -1.95. The van der Waals surface area contributed by atoms with Gasteiger partial charge in [0.05, 0.1) is 14.2 Å². The summed E-state index contributed by atoms with van der Waals surface area (Å²) in [6.45, 7) is 0.389. The second-order valence-corrected chi connectivity index (χ2v) is 3.61. The van der Waals surface area contributed by atoms with E-state index in [1.807, 2.05) is 6.08 Å². The Labute approximate surface area is 111 Å². The summed E-state index contributed by atoms with van der Waals surface area (Å²) in [6, 6.07) is 3.32. The van der Waals surface area contributed by atoms with Gasteiger partial charge in [-0.1, -0.05) is 17.3 Å². The first kappa shape index (κ1) is 14.6. The molecule has 100 valence electrons. The first-order valence-electron chi connectivity index (χ1n) is 5.65. The smallest absolute Gasteiger partial charge is 0.167 e. The van der Waals surface area contributed by atoms with E-state index in [0.717, 1.165) is 11.8 Å². The number of nitrogens with zero attached hydrogens (tertiary/aromatic N) is 3. The molecule has 1 aromatic rings. The van der Waals surface area contributed by atoms with E-state index in [1.165, 1.54) is 14.2 Å². The van der Waals surface area contributed by atoms with Crippen molar-refractivity contribution in [1.82, 2.24) is 0 Å². The van der Waals surface area contributed by atoms with Gasteiger partial charge >= 0.3 is 0 Å². The van der Waals surface area contributed by atoms with Gasteiger partial charge in [-0.3, -0.25) is 4.79 Å². The van der Waals surface area contributed by atoms with Gasteiger partial charge in [-0.25, -0.2) is 0 Å². The molecule has 0 saturated carbocycles. The van der Waals surface area contributed by atoms with E-state index in [9.17, 15) is 4.79 Å². The van der Waals surface area contributed by atoms with Crippen LogP contribution < -0.4 is 9.47 Å². The minimum atomic E-state index is 0.389. The van der Waals surface area contributed by atoms with Crippen molar-refractivity contribution in [2.45, 2.75) is 6.42 Å². The minimum Gasteiger partial charge on any atom is -0.493 e. The van der Waals surface area contributed by atoms with E-state index in [0.29, 0.717) is 30.0 Å². The third kappa shape index (κ3) is 4.04. The number of rotatable bonds is 7. The van der Waals surface area contributed by atoms with Crippen molar-refractivity contribution in [1.29, 1.82) is 0 Å². The summed E-state index contributed by atoms with van der Waals surface area (Å²) >= 11 is 0. The molecule has 0 amide bonds. The normalized spacial score (nSPS) is 10.0. The van der Waals surface area contributed by atoms with Crippen LogP contribution in [-0.4, -0.2) is 27.1 Å². The maximum absolute atomic E-state index is 10.9. The predicted octanol–water partition coefficient (Wildman–Crippen LogP) is 3.23. The second kappa shape index (κ2) is 7.79. The number of benzene rings is 1. The summed E-state index contributed by atoms with van der Waals surface area (Å²) in [4.78, 5) is 13.5. The van der Waals surface area contributed by atoms with Gasteiger partial charge in [0, 0.05) is 22.6 Å². The molecule has 0 spiro atoms.